The summed E-state index contributed by atoms with van der Waals surface area (Å²) in [5, 5.41) is 62.5. The number of aliphatic hydroxyl groups excluding tert-OH is 4. The summed E-state index contributed by atoms with van der Waals surface area (Å²) in [5.74, 6) is -3.80. The number of rotatable bonds is 7. The van der Waals surface area contributed by atoms with Crippen molar-refractivity contribution in [3.8, 4) is 0 Å². The zero-order valence-electron chi connectivity index (χ0n) is 8.59. The summed E-state index contributed by atoms with van der Waals surface area (Å²) in [5.41, 5.74) is -3.17. The third-order valence-corrected chi connectivity index (χ3v) is 2.19. The van der Waals surface area contributed by atoms with Gasteiger partial charge in [0.05, 0.1) is 13.0 Å². The van der Waals surface area contributed by atoms with Crippen LogP contribution in [0, 0.1) is 0 Å². The minimum atomic E-state index is -3.17. The minimum absolute atomic E-state index is 0.999. The predicted molar refractivity (Wildman–Crippen MR) is 49.9 cm³/mol. The van der Waals surface area contributed by atoms with Gasteiger partial charge in [-0.15, -0.1) is 0 Å². The van der Waals surface area contributed by atoms with E-state index in [0.29, 0.717) is 0 Å². The molecule has 0 spiro atoms. The maximum atomic E-state index is 10.7. The molecule has 4 unspecified atom stereocenters. The van der Waals surface area contributed by atoms with Crippen molar-refractivity contribution in [2.24, 2.45) is 0 Å². The molecule has 0 aromatic carbocycles. The van der Waals surface area contributed by atoms with Crippen LogP contribution < -0.4 is 0 Å². The molecule has 9 nitrogen and oxygen atoms in total. The highest BCUT2D eigenvalue weighted by Gasteiger charge is 2.50. The van der Waals surface area contributed by atoms with Crippen LogP contribution >= 0.6 is 0 Å². The maximum absolute atomic E-state index is 10.7. The standard InChI is InChI=1S/C8H14O9/c9-2-3(10)5(13)6(14)8(17,7(15)16)1-4(11)12/h3,5-6,9-10,13-14,17H,1-2H2,(H,11,12)(H,15,16). The predicted octanol–water partition coefficient (Wildman–Crippen LogP) is -3.65. The number of aliphatic carboxylic acids is 2. The van der Waals surface area contributed by atoms with Crippen LogP contribution in [0.4, 0.5) is 0 Å². The SMILES string of the molecule is O=C(O)CC(O)(C(=O)O)C(O)C(O)C(O)CO. The van der Waals surface area contributed by atoms with Gasteiger partial charge in [0.15, 0.2) is 0 Å². The molecule has 17 heavy (non-hydrogen) atoms. The summed E-state index contributed by atoms with van der Waals surface area (Å²) in [4.78, 5) is 21.0. The molecule has 9 heteroatoms. The fraction of sp³-hybridized carbons (Fsp3) is 0.750. The fourth-order valence-corrected chi connectivity index (χ4v) is 1.14. The van der Waals surface area contributed by atoms with Crippen molar-refractivity contribution in [3.05, 3.63) is 0 Å². The Balaban J connectivity index is 5.06. The van der Waals surface area contributed by atoms with Gasteiger partial charge < -0.3 is 35.7 Å². The first-order valence-corrected chi connectivity index (χ1v) is 4.49. The van der Waals surface area contributed by atoms with E-state index in [2.05, 4.69) is 0 Å². The van der Waals surface area contributed by atoms with Crippen LogP contribution in [0.15, 0.2) is 0 Å². The maximum Gasteiger partial charge on any atom is 0.339 e. The molecule has 0 saturated carbocycles. The first-order valence-electron chi connectivity index (χ1n) is 4.49. The average Bonchev–Trinajstić information content (AvgIpc) is 2.24. The van der Waals surface area contributed by atoms with Crippen molar-refractivity contribution >= 4 is 11.9 Å². The molecule has 7 N–H and O–H groups in total. The van der Waals surface area contributed by atoms with Crippen LogP contribution in [-0.4, -0.2) is 78.2 Å². The largest absolute Gasteiger partial charge is 0.481 e. The molecule has 0 aliphatic heterocycles. The van der Waals surface area contributed by atoms with Crippen molar-refractivity contribution in [1.82, 2.24) is 0 Å². The Morgan fingerprint density at radius 3 is 1.88 bits per heavy atom. The summed E-state index contributed by atoms with van der Waals surface area (Å²) in [6, 6.07) is 0. The molecule has 0 saturated heterocycles. The molecule has 0 heterocycles. The normalized spacial score (nSPS) is 20.1. The number of carboxylic acids is 2. The summed E-state index contributed by atoms with van der Waals surface area (Å²) in [7, 11) is 0. The molecular formula is C8H14O9. The average molecular weight is 254 g/mol. The van der Waals surface area contributed by atoms with Gasteiger partial charge in [-0.2, -0.15) is 0 Å². The van der Waals surface area contributed by atoms with Crippen molar-refractivity contribution in [2.45, 2.75) is 30.3 Å². The second-order valence-electron chi connectivity index (χ2n) is 3.49. The van der Waals surface area contributed by atoms with E-state index in [0.717, 1.165) is 0 Å². The lowest BCUT2D eigenvalue weighted by Gasteiger charge is -2.32. The van der Waals surface area contributed by atoms with Crippen molar-refractivity contribution in [2.75, 3.05) is 6.61 Å². The Kier molecular flexibility index (Phi) is 5.45. The highest BCUT2D eigenvalue weighted by molar-refractivity contribution is 5.84. The number of carboxylic acid groups (broad SMARTS) is 2. The van der Waals surface area contributed by atoms with E-state index in [9.17, 15) is 24.9 Å². The van der Waals surface area contributed by atoms with Crippen molar-refractivity contribution < 1.29 is 45.3 Å². The van der Waals surface area contributed by atoms with Gasteiger partial charge in [0, 0.05) is 0 Å². The summed E-state index contributed by atoms with van der Waals surface area (Å²) in [6.45, 7) is -0.999. The summed E-state index contributed by atoms with van der Waals surface area (Å²) < 4.78 is 0. The Hall–Kier alpha value is -1.26. The highest BCUT2D eigenvalue weighted by Crippen LogP contribution is 2.20. The summed E-state index contributed by atoms with van der Waals surface area (Å²) in [6.07, 6.45) is -7.97. The Morgan fingerprint density at radius 2 is 1.59 bits per heavy atom. The second kappa shape index (κ2) is 5.89. The highest BCUT2D eigenvalue weighted by atomic mass is 16.4. The molecule has 0 aromatic rings. The molecule has 0 amide bonds. The molecule has 0 bridgehead atoms. The third kappa shape index (κ3) is 3.61. The number of hydrogen-bond acceptors (Lipinski definition) is 7. The van der Waals surface area contributed by atoms with Crippen molar-refractivity contribution in [1.29, 1.82) is 0 Å². The molecule has 0 radical (unpaired) electrons. The Labute approximate surface area is 95.2 Å². The molecule has 0 aromatic heterocycles. The van der Waals surface area contributed by atoms with Crippen LogP contribution in [0.3, 0.4) is 0 Å². The van der Waals surface area contributed by atoms with Gasteiger partial charge in [-0.1, -0.05) is 0 Å². The van der Waals surface area contributed by atoms with Crippen LogP contribution in [-0.2, 0) is 9.59 Å². The van der Waals surface area contributed by atoms with Gasteiger partial charge in [-0.05, 0) is 0 Å². The Bertz CT molecular complexity index is 291. The first kappa shape index (κ1) is 15.7. The van der Waals surface area contributed by atoms with Gasteiger partial charge in [-0.25, -0.2) is 4.79 Å². The molecule has 0 aliphatic rings. The number of carbonyl (C=O) groups is 2. The zero-order chi connectivity index (χ0) is 13.8. The van der Waals surface area contributed by atoms with Gasteiger partial charge in [0.25, 0.3) is 0 Å². The van der Waals surface area contributed by atoms with Gasteiger partial charge in [0.1, 0.15) is 18.3 Å². The van der Waals surface area contributed by atoms with Gasteiger partial charge in [-0.3, -0.25) is 4.79 Å². The van der Waals surface area contributed by atoms with E-state index in [4.69, 9.17) is 20.4 Å². The first-order chi connectivity index (χ1) is 7.66. The molecule has 0 fully saturated rings. The quantitative estimate of drug-likeness (QED) is 0.241. The zero-order valence-corrected chi connectivity index (χ0v) is 8.59. The van der Waals surface area contributed by atoms with E-state index in [1.54, 1.807) is 0 Å². The molecule has 0 aliphatic carbocycles. The fourth-order valence-electron chi connectivity index (χ4n) is 1.14. The van der Waals surface area contributed by atoms with E-state index in [-0.39, 0.29) is 0 Å². The van der Waals surface area contributed by atoms with Crippen LogP contribution in [0.2, 0.25) is 0 Å². The molecule has 0 rings (SSSR count). The number of hydrogen-bond donors (Lipinski definition) is 7. The van der Waals surface area contributed by atoms with E-state index in [1.807, 2.05) is 0 Å². The molecule has 4 atom stereocenters. The van der Waals surface area contributed by atoms with Crippen LogP contribution in [0.5, 0.6) is 0 Å². The third-order valence-electron chi connectivity index (χ3n) is 2.19. The van der Waals surface area contributed by atoms with Gasteiger partial charge in [0.2, 0.25) is 5.60 Å². The minimum Gasteiger partial charge on any atom is -0.481 e. The van der Waals surface area contributed by atoms with E-state index in [1.165, 1.54) is 0 Å². The lowest BCUT2D eigenvalue weighted by atomic mass is 9.87. The topological polar surface area (TPSA) is 176 Å². The lowest BCUT2D eigenvalue weighted by molar-refractivity contribution is -0.196. The summed E-state index contributed by atoms with van der Waals surface area (Å²) >= 11 is 0. The smallest absolute Gasteiger partial charge is 0.339 e. The molecular weight excluding hydrogens is 240 g/mol. The second-order valence-corrected chi connectivity index (χ2v) is 3.49. The monoisotopic (exact) mass is 254 g/mol. The van der Waals surface area contributed by atoms with Crippen LogP contribution in [0.1, 0.15) is 6.42 Å². The van der Waals surface area contributed by atoms with E-state index < -0.39 is 48.9 Å². The van der Waals surface area contributed by atoms with Crippen molar-refractivity contribution in [3.63, 3.8) is 0 Å². The van der Waals surface area contributed by atoms with Crippen LogP contribution in [0.25, 0.3) is 0 Å². The van der Waals surface area contributed by atoms with E-state index >= 15 is 0 Å². The number of aliphatic hydroxyl groups is 5. The van der Waals surface area contributed by atoms with Gasteiger partial charge >= 0.3 is 11.9 Å². The lowest BCUT2D eigenvalue weighted by Crippen LogP contribution is -2.58. The Morgan fingerprint density at radius 1 is 1.12 bits per heavy atom. The molecule has 100 valence electrons.